The molecule has 7 heteroatoms. The summed E-state index contributed by atoms with van der Waals surface area (Å²) in [6, 6.07) is 9.81. The molecule has 0 aliphatic rings. The van der Waals surface area contributed by atoms with Gasteiger partial charge in [0, 0.05) is 12.1 Å². The summed E-state index contributed by atoms with van der Waals surface area (Å²) in [6.45, 7) is -0.0531. The zero-order valence-electron chi connectivity index (χ0n) is 12.9. The third-order valence-corrected chi connectivity index (χ3v) is 3.28. The first-order valence-corrected chi connectivity index (χ1v) is 7.11. The van der Waals surface area contributed by atoms with Gasteiger partial charge in [-0.1, -0.05) is 18.2 Å². The van der Waals surface area contributed by atoms with Gasteiger partial charge in [0.1, 0.15) is 5.75 Å². The van der Waals surface area contributed by atoms with Crippen LogP contribution in [0.2, 0.25) is 0 Å². The van der Waals surface area contributed by atoms with Gasteiger partial charge in [-0.15, -0.1) is 0 Å². The van der Waals surface area contributed by atoms with Crippen molar-refractivity contribution >= 4 is 5.97 Å². The number of alkyl halides is 3. The summed E-state index contributed by atoms with van der Waals surface area (Å²) in [4.78, 5) is 10.7. The van der Waals surface area contributed by atoms with Gasteiger partial charge in [0.2, 0.25) is 0 Å². The average molecular weight is 339 g/mol. The van der Waals surface area contributed by atoms with Gasteiger partial charge < -0.3 is 15.2 Å². The lowest BCUT2D eigenvalue weighted by Gasteiger charge is -2.14. The minimum Gasteiger partial charge on any atom is -0.481 e. The number of carbonyl (C=O) groups is 1. The molecular weight excluding hydrogens is 323 g/mol. The van der Waals surface area contributed by atoms with Crippen LogP contribution in [0.25, 0.3) is 11.1 Å². The number of carboxylic acids is 1. The van der Waals surface area contributed by atoms with Crippen LogP contribution in [0.4, 0.5) is 13.2 Å². The van der Waals surface area contributed by atoms with E-state index in [9.17, 15) is 18.0 Å². The molecular formula is C17H16F3NO3. The van der Waals surface area contributed by atoms with E-state index in [0.717, 1.165) is 17.7 Å². The van der Waals surface area contributed by atoms with Crippen molar-refractivity contribution in [1.82, 2.24) is 5.32 Å². The number of benzene rings is 2. The second-order valence-electron chi connectivity index (χ2n) is 5.12. The molecule has 0 heterocycles. The number of carboxylic acid groups (broad SMARTS) is 1. The highest BCUT2D eigenvalue weighted by atomic mass is 19.4. The Kier molecular flexibility index (Phi) is 5.46. The summed E-state index contributed by atoms with van der Waals surface area (Å²) in [7, 11) is 1.75. The standard InChI is InChI=1S/C17H16F3NO3/c1-21-9-11-5-6-15(24-10-16(22)23)14(7-11)12-3-2-4-13(8-12)17(18,19)20/h2-8,21H,9-10H2,1H3,(H,22,23). The largest absolute Gasteiger partial charge is 0.481 e. The molecule has 4 nitrogen and oxygen atoms in total. The Balaban J connectivity index is 2.48. The minimum atomic E-state index is -4.46. The Hall–Kier alpha value is -2.54. The number of halogens is 3. The van der Waals surface area contributed by atoms with Crippen LogP contribution in [0.3, 0.4) is 0 Å². The smallest absolute Gasteiger partial charge is 0.416 e. The van der Waals surface area contributed by atoms with Gasteiger partial charge in [-0.05, 0) is 42.4 Å². The molecule has 0 spiro atoms. The van der Waals surface area contributed by atoms with Crippen molar-refractivity contribution in [2.45, 2.75) is 12.7 Å². The molecule has 0 unspecified atom stereocenters. The van der Waals surface area contributed by atoms with Crippen LogP contribution >= 0.6 is 0 Å². The second-order valence-corrected chi connectivity index (χ2v) is 5.12. The third kappa shape index (κ3) is 4.48. The highest BCUT2D eigenvalue weighted by Gasteiger charge is 2.30. The minimum absolute atomic E-state index is 0.219. The molecule has 128 valence electrons. The number of rotatable bonds is 6. The van der Waals surface area contributed by atoms with Gasteiger partial charge >= 0.3 is 12.1 Å². The van der Waals surface area contributed by atoms with E-state index in [0.29, 0.717) is 17.7 Å². The average Bonchev–Trinajstić information content (AvgIpc) is 2.53. The Morgan fingerprint density at radius 1 is 1.21 bits per heavy atom. The van der Waals surface area contributed by atoms with E-state index in [1.807, 2.05) is 0 Å². The Labute approximate surface area is 136 Å². The molecule has 2 N–H and O–H groups in total. The first kappa shape index (κ1) is 17.8. The van der Waals surface area contributed by atoms with E-state index in [2.05, 4.69) is 5.32 Å². The molecule has 0 bridgehead atoms. The van der Waals surface area contributed by atoms with E-state index in [-0.39, 0.29) is 5.75 Å². The quantitative estimate of drug-likeness (QED) is 0.845. The summed E-state index contributed by atoms with van der Waals surface area (Å²) in [5, 5.41) is 11.7. The topological polar surface area (TPSA) is 58.6 Å². The van der Waals surface area contributed by atoms with Crippen LogP contribution < -0.4 is 10.1 Å². The molecule has 2 aromatic carbocycles. The van der Waals surface area contributed by atoms with Crippen LogP contribution in [0, 0.1) is 0 Å². The predicted molar refractivity (Wildman–Crippen MR) is 82.8 cm³/mol. The van der Waals surface area contributed by atoms with Crippen molar-refractivity contribution in [3.63, 3.8) is 0 Å². The van der Waals surface area contributed by atoms with Crippen molar-refractivity contribution in [3.8, 4) is 16.9 Å². The van der Waals surface area contributed by atoms with Gasteiger partial charge in [0.25, 0.3) is 0 Å². The maximum Gasteiger partial charge on any atom is 0.416 e. The lowest BCUT2D eigenvalue weighted by molar-refractivity contribution is -0.139. The van der Waals surface area contributed by atoms with Crippen LogP contribution in [0.5, 0.6) is 5.75 Å². The first-order chi connectivity index (χ1) is 11.3. The van der Waals surface area contributed by atoms with Gasteiger partial charge in [-0.25, -0.2) is 4.79 Å². The lowest BCUT2D eigenvalue weighted by Crippen LogP contribution is -2.11. The fraction of sp³-hybridized carbons (Fsp3) is 0.235. The van der Waals surface area contributed by atoms with E-state index in [1.165, 1.54) is 12.1 Å². The molecule has 24 heavy (non-hydrogen) atoms. The number of nitrogens with one attached hydrogen (secondary N) is 1. The zero-order chi connectivity index (χ0) is 17.7. The summed E-state index contributed by atoms with van der Waals surface area (Å²) in [6.07, 6.45) is -4.46. The van der Waals surface area contributed by atoms with Crippen molar-refractivity contribution in [3.05, 3.63) is 53.6 Å². The Morgan fingerprint density at radius 3 is 2.58 bits per heavy atom. The van der Waals surface area contributed by atoms with Gasteiger partial charge in [0.05, 0.1) is 5.56 Å². The third-order valence-electron chi connectivity index (χ3n) is 3.28. The van der Waals surface area contributed by atoms with Crippen molar-refractivity contribution in [2.75, 3.05) is 13.7 Å². The Bertz CT molecular complexity index is 729. The monoisotopic (exact) mass is 339 g/mol. The van der Waals surface area contributed by atoms with Crippen molar-refractivity contribution in [2.24, 2.45) is 0 Å². The predicted octanol–water partition coefficient (Wildman–Crippen LogP) is 3.56. The van der Waals surface area contributed by atoms with Crippen molar-refractivity contribution < 1.29 is 27.8 Å². The van der Waals surface area contributed by atoms with E-state index in [1.54, 1.807) is 25.2 Å². The molecule has 0 aliphatic heterocycles. The fourth-order valence-electron chi connectivity index (χ4n) is 2.25. The second kappa shape index (κ2) is 7.35. The maximum absolute atomic E-state index is 12.9. The summed E-state index contributed by atoms with van der Waals surface area (Å²) in [5.41, 5.74) is 0.786. The molecule has 2 rings (SSSR count). The molecule has 0 fully saturated rings. The molecule has 0 atom stereocenters. The van der Waals surface area contributed by atoms with Crippen LogP contribution in [-0.2, 0) is 17.5 Å². The maximum atomic E-state index is 12.9. The Morgan fingerprint density at radius 2 is 1.96 bits per heavy atom. The molecule has 0 aliphatic carbocycles. The van der Waals surface area contributed by atoms with Crippen LogP contribution in [-0.4, -0.2) is 24.7 Å². The molecule has 0 saturated heterocycles. The SMILES string of the molecule is CNCc1ccc(OCC(=O)O)c(-c2cccc(C(F)(F)F)c2)c1. The number of hydrogen-bond acceptors (Lipinski definition) is 3. The molecule has 0 amide bonds. The number of ether oxygens (including phenoxy) is 1. The fourth-order valence-corrected chi connectivity index (χ4v) is 2.25. The number of aliphatic carboxylic acids is 1. The molecule has 2 aromatic rings. The summed E-state index contributed by atoms with van der Waals surface area (Å²) >= 11 is 0. The molecule has 0 saturated carbocycles. The first-order valence-electron chi connectivity index (χ1n) is 7.11. The highest BCUT2D eigenvalue weighted by Crippen LogP contribution is 2.36. The summed E-state index contributed by atoms with van der Waals surface area (Å²) in [5.74, 6) is -0.944. The lowest BCUT2D eigenvalue weighted by atomic mass is 9.99. The van der Waals surface area contributed by atoms with Gasteiger partial charge in [-0.3, -0.25) is 0 Å². The van der Waals surface area contributed by atoms with E-state index >= 15 is 0 Å². The molecule has 0 aromatic heterocycles. The van der Waals surface area contributed by atoms with Crippen LogP contribution in [0.1, 0.15) is 11.1 Å². The van der Waals surface area contributed by atoms with Gasteiger partial charge in [0.15, 0.2) is 6.61 Å². The summed E-state index contributed by atoms with van der Waals surface area (Å²) < 4.78 is 44.0. The van der Waals surface area contributed by atoms with E-state index < -0.39 is 24.3 Å². The van der Waals surface area contributed by atoms with Crippen molar-refractivity contribution in [1.29, 1.82) is 0 Å². The highest BCUT2D eigenvalue weighted by molar-refractivity contribution is 5.73. The normalized spacial score (nSPS) is 11.3. The number of hydrogen-bond donors (Lipinski definition) is 2. The zero-order valence-corrected chi connectivity index (χ0v) is 12.9. The molecule has 0 radical (unpaired) electrons. The van der Waals surface area contributed by atoms with Gasteiger partial charge in [-0.2, -0.15) is 13.2 Å². The van der Waals surface area contributed by atoms with E-state index in [4.69, 9.17) is 9.84 Å². The van der Waals surface area contributed by atoms with Crippen LogP contribution in [0.15, 0.2) is 42.5 Å².